The third kappa shape index (κ3) is 4.19. The normalized spacial score (nSPS) is 28.0. The molecule has 2 atom stereocenters. The predicted molar refractivity (Wildman–Crippen MR) is 74.7 cm³/mol. The smallest absolute Gasteiger partial charge is 0.0462 e. The van der Waals surface area contributed by atoms with Crippen LogP contribution >= 0.6 is 0 Å². The van der Waals surface area contributed by atoms with Gasteiger partial charge >= 0.3 is 0 Å². The van der Waals surface area contributed by atoms with Gasteiger partial charge in [0.05, 0.1) is 0 Å². The zero-order valence-corrected chi connectivity index (χ0v) is 11.8. The third-order valence-corrected chi connectivity index (χ3v) is 4.32. The molecule has 106 valence electrons. The maximum absolute atomic E-state index is 6.18. The number of nitrogens with two attached hydrogens (primary N) is 1. The van der Waals surface area contributed by atoms with Crippen molar-refractivity contribution in [3.63, 3.8) is 0 Å². The molecule has 0 bridgehead atoms. The van der Waals surface area contributed by atoms with Gasteiger partial charge < -0.3 is 15.4 Å². The Morgan fingerprint density at radius 3 is 2.78 bits per heavy atom. The summed E-state index contributed by atoms with van der Waals surface area (Å²) in [5, 5.41) is 0. The molecule has 2 heterocycles. The monoisotopic (exact) mass is 255 g/mol. The van der Waals surface area contributed by atoms with E-state index in [-0.39, 0.29) is 0 Å². The highest BCUT2D eigenvalue weighted by Crippen LogP contribution is 2.20. The Morgan fingerprint density at radius 2 is 2.06 bits per heavy atom. The van der Waals surface area contributed by atoms with Gasteiger partial charge in [0.2, 0.25) is 0 Å². The van der Waals surface area contributed by atoms with Crippen LogP contribution in [0.25, 0.3) is 0 Å². The molecule has 2 aliphatic rings. The molecule has 2 aliphatic heterocycles. The Bertz CT molecular complexity index is 231. The highest BCUT2D eigenvalue weighted by Gasteiger charge is 2.29. The number of ether oxygens (including phenoxy) is 1. The van der Waals surface area contributed by atoms with E-state index < -0.39 is 0 Å². The summed E-state index contributed by atoms with van der Waals surface area (Å²) in [4.78, 5) is 5.23. The minimum Gasteiger partial charge on any atom is -0.385 e. The molecule has 4 nitrogen and oxygen atoms in total. The van der Waals surface area contributed by atoms with Crippen LogP contribution in [0, 0.1) is 0 Å². The van der Waals surface area contributed by atoms with Gasteiger partial charge in [-0.15, -0.1) is 0 Å². The average molecular weight is 255 g/mol. The molecule has 0 radical (unpaired) electrons. The first-order chi connectivity index (χ1) is 8.79. The highest BCUT2D eigenvalue weighted by atomic mass is 16.5. The van der Waals surface area contributed by atoms with E-state index in [1.807, 2.05) is 0 Å². The molecule has 2 rings (SSSR count). The van der Waals surface area contributed by atoms with Crippen LogP contribution in [0.3, 0.4) is 0 Å². The summed E-state index contributed by atoms with van der Waals surface area (Å²) in [7, 11) is 1.76. The zero-order valence-electron chi connectivity index (χ0n) is 11.8. The van der Waals surface area contributed by atoms with Crippen LogP contribution in [0.2, 0.25) is 0 Å². The minimum absolute atomic E-state index is 0.317. The van der Waals surface area contributed by atoms with Gasteiger partial charge in [-0.25, -0.2) is 0 Å². The molecule has 18 heavy (non-hydrogen) atoms. The standard InChI is InChI=1S/C14H29N3O/c1-18-10-4-5-13(15)11-16-9-6-14(12-16)17-7-2-3-8-17/h13-14H,2-12,15H2,1H3. The van der Waals surface area contributed by atoms with Crippen molar-refractivity contribution < 1.29 is 4.74 Å². The fourth-order valence-electron chi connectivity index (χ4n) is 3.30. The van der Waals surface area contributed by atoms with E-state index in [4.69, 9.17) is 10.5 Å². The van der Waals surface area contributed by atoms with E-state index in [0.29, 0.717) is 6.04 Å². The Balaban J connectivity index is 1.62. The van der Waals surface area contributed by atoms with Gasteiger partial charge in [-0.2, -0.15) is 0 Å². The van der Waals surface area contributed by atoms with Crippen LogP contribution in [-0.2, 0) is 4.74 Å². The Hall–Kier alpha value is -0.160. The fourth-order valence-corrected chi connectivity index (χ4v) is 3.30. The highest BCUT2D eigenvalue weighted by molar-refractivity contribution is 4.86. The van der Waals surface area contributed by atoms with E-state index in [9.17, 15) is 0 Å². The van der Waals surface area contributed by atoms with Gasteiger partial charge in [0.25, 0.3) is 0 Å². The number of methoxy groups -OCH3 is 1. The topological polar surface area (TPSA) is 41.7 Å². The summed E-state index contributed by atoms with van der Waals surface area (Å²) in [6, 6.07) is 1.12. The molecule has 0 aromatic carbocycles. The molecule has 2 unspecified atom stereocenters. The lowest BCUT2D eigenvalue weighted by Crippen LogP contribution is -2.39. The first-order valence-corrected chi connectivity index (χ1v) is 7.50. The molecular weight excluding hydrogens is 226 g/mol. The van der Waals surface area contributed by atoms with Crippen LogP contribution in [0.5, 0.6) is 0 Å². The van der Waals surface area contributed by atoms with Crippen molar-refractivity contribution >= 4 is 0 Å². The minimum atomic E-state index is 0.317. The van der Waals surface area contributed by atoms with Crippen molar-refractivity contribution in [2.75, 3.05) is 46.4 Å². The van der Waals surface area contributed by atoms with Crippen LogP contribution in [0.1, 0.15) is 32.1 Å². The van der Waals surface area contributed by atoms with Gasteiger partial charge in [-0.05, 0) is 51.7 Å². The first-order valence-electron chi connectivity index (χ1n) is 7.50. The lowest BCUT2D eigenvalue weighted by Gasteiger charge is -2.25. The van der Waals surface area contributed by atoms with Gasteiger partial charge in [0.1, 0.15) is 0 Å². The Kier molecular flexibility index (Phi) is 5.89. The van der Waals surface area contributed by atoms with Crippen LogP contribution < -0.4 is 5.73 Å². The summed E-state index contributed by atoms with van der Waals surface area (Å²) in [6.45, 7) is 7.01. The lowest BCUT2D eigenvalue weighted by atomic mass is 10.1. The maximum Gasteiger partial charge on any atom is 0.0462 e. The molecule has 2 saturated heterocycles. The Morgan fingerprint density at radius 1 is 1.28 bits per heavy atom. The molecule has 0 amide bonds. The quantitative estimate of drug-likeness (QED) is 0.687. The summed E-state index contributed by atoms with van der Waals surface area (Å²) < 4.78 is 5.07. The molecule has 0 aliphatic carbocycles. The van der Waals surface area contributed by atoms with Crippen LogP contribution in [0.4, 0.5) is 0 Å². The number of hydrogen-bond donors (Lipinski definition) is 1. The van der Waals surface area contributed by atoms with E-state index in [2.05, 4.69) is 9.80 Å². The van der Waals surface area contributed by atoms with Crippen molar-refractivity contribution in [2.24, 2.45) is 5.73 Å². The van der Waals surface area contributed by atoms with Crippen molar-refractivity contribution in [1.29, 1.82) is 0 Å². The number of hydrogen-bond acceptors (Lipinski definition) is 4. The van der Waals surface area contributed by atoms with E-state index in [1.54, 1.807) is 7.11 Å². The molecule has 0 aromatic rings. The van der Waals surface area contributed by atoms with Crippen molar-refractivity contribution in [2.45, 2.75) is 44.2 Å². The van der Waals surface area contributed by atoms with Crippen LogP contribution in [0.15, 0.2) is 0 Å². The van der Waals surface area contributed by atoms with Gasteiger partial charge in [0, 0.05) is 38.9 Å². The first kappa shape index (κ1) is 14.3. The average Bonchev–Trinajstić information content (AvgIpc) is 2.98. The van der Waals surface area contributed by atoms with Gasteiger partial charge in [-0.1, -0.05) is 0 Å². The summed E-state index contributed by atoms with van der Waals surface area (Å²) in [6.07, 6.45) is 6.30. The second-order valence-corrected chi connectivity index (χ2v) is 5.84. The number of likely N-dealkylation sites (tertiary alicyclic amines) is 2. The molecule has 4 heteroatoms. The van der Waals surface area contributed by atoms with Gasteiger partial charge in [-0.3, -0.25) is 4.90 Å². The summed E-state index contributed by atoms with van der Waals surface area (Å²) >= 11 is 0. The van der Waals surface area contributed by atoms with Crippen LogP contribution in [-0.4, -0.2) is 68.3 Å². The van der Waals surface area contributed by atoms with Gasteiger partial charge in [0.15, 0.2) is 0 Å². The summed E-state index contributed by atoms with van der Waals surface area (Å²) in [5.74, 6) is 0. The molecule has 0 aromatic heterocycles. The van der Waals surface area contributed by atoms with Crippen molar-refractivity contribution in [1.82, 2.24) is 9.80 Å². The number of nitrogens with zero attached hydrogens (tertiary/aromatic N) is 2. The molecule has 2 N–H and O–H groups in total. The van der Waals surface area contributed by atoms with E-state index in [0.717, 1.165) is 32.0 Å². The van der Waals surface area contributed by atoms with E-state index in [1.165, 1.54) is 45.4 Å². The molecule has 0 saturated carbocycles. The van der Waals surface area contributed by atoms with Crippen molar-refractivity contribution in [3.05, 3.63) is 0 Å². The molecule has 2 fully saturated rings. The third-order valence-electron chi connectivity index (χ3n) is 4.32. The molecule has 0 spiro atoms. The fraction of sp³-hybridized carbons (Fsp3) is 1.00. The molecular formula is C14H29N3O. The SMILES string of the molecule is COCCCC(N)CN1CCC(N2CCCC2)C1. The predicted octanol–water partition coefficient (Wildman–Crippen LogP) is 0.910. The lowest BCUT2D eigenvalue weighted by molar-refractivity contribution is 0.185. The largest absolute Gasteiger partial charge is 0.385 e. The summed E-state index contributed by atoms with van der Waals surface area (Å²) in [5.41, 5.74) is 6.18. The zero-order chi connectivity index (χ0) is 12.8. The second-order valence-electron chi connectivity index (χ2n) is 5.84. The second kappa shape index (κ2) is 7.43. The number of rotatable bonds is 7. The maximum atomic E-state index is 6.18. The van der Waals surface area contributed by atoms with E-state index >= 15 is 0 Å². The van der Waals surface area contributed by atoms with Crippen molar-refractivity contribution in [3.8, 4) is 0 Å². The Labute approximate surface area is 111 Å².